The number of carbonyl (C=O) groups is 2. The lowest BCUT2D eigenvalue weighted by molar-refractivity contribution is -0.121. The molecule has 5 rings (SSSR count). The highest BCUT2D eigenvalue weighted by Gasteiger charge is 2.33. The van der Waals surface area contributed by atoms with Gasteiger partial charge in [0.2, 0.25) is 0 Å². The number of ether oxygens (including phenoxy) is 1. The number of halogens is 1. The normalized spacial score (nSPS) is 13.9. The fraction of sp³-hybridized carbons (Fsp3) is 0.115. The maximum atomic E-state index is 13.1. The summed E-state index contributed by atoms with van der Waals surface area (Å²) in [6.45, 7) is 1.64. The van der Waals surface area contributed by atoms with Gasteiger partial charge in [-0.15, -0.1) is 11.3 Å². The van der Waals surface area contributed by atoms with E-state index >= 15 is 0 Å². The van der Waals surface area contributed by atoms with Crippen molar-refractivity contribution in [2.75, 3.05) is 11.5 Å². The first-order valence-corrected chi connectivity index (χ1v) is 11.7. The van der Waals surface area contributed by atoms with Crippen molar-refractivity contribution in [1.82, 2.24) is 4.98 Å². The van der Waals surface area contributed by atoms with Crippen LogP contribution >= 0.6 is 22.9 Å². The molecule has 1 aromatic heterocycles. The van der Waals surface area contributed by atoms with Gasteiger partial charge >= 0.3 is 0 Å². The molecule has 1 aliphatic heterocycles. The number of amides is 1. The molecule has 164 valence electrons. The maximum absolute atomic E-state index is 13.1. The van der Waals surface area contributed by atoms with Crippen LogP contribution in [0.3, 0.4) is 0 Å². The van der Waals surface area contributed by atoms with E-state index in [1.807, 2.05) is 66.0 Å². The zero-order valence-electron chi connectivity index (χ0n) is 17.7. The van der Waals surface area contributed by atoms with E-state index in [-0.39, 0.29) is 18.3 Å². The van der Waals surface area contributed by atoms with Gasteiger partial charge in [-0.25, -0.2) is 4.98 Å². The number of fused-ring (bicyclic) bond motifs is 1. The maximum Gasteiger partial charge on any atom is 0.265 e. The van der Waals surface area contributed by atoms with Crippen LogP contribution in [0.4, 0.5) is 5.69 Å². The summed E-state index contributed by atoms with van der Waals surface area (Å²) >= 11 is 7.83. The van der Waals surface area contributed by atoms with Crippen molar-refractivity contribution in [3.05, 3.63) is 88.8 Å². The van der Waals surface area contributed by atoms with Crippen molar-refractivity contribution in [2.24, 2.45) is 0 Å². The number of hydrogen-bond acceptors (Lipinski definition) is 5. The molecule has 0 aliphatic carbocycles. The minimum Gasteiger partial charge on any atom is -0.482 e. The third-order valence-electron chi connectivity index (χ3n) is 5.57. The van der Waals surface area contributed by atoms with Crippen LogP contribution < -0.4 is 9.64 Å². The first-order valence-electron chi connectivity index (χ1n) is 10.4. The summed E-state index contributed by atoms with van der Waals surface area (Å²) in [6, 6.07) is 21.5. The summed E-state index contributed by atoms with van der Waals surface area (Å²) < 4.78 is 5.64. The molecule has 33 heavy (non-hydrogen) atoms. The first-order chi connectivity index (χ1) is 16.0. The smallest absolute Gasteiger partial charge is 0.265 e. The predicted octanol–water partition coefficient (Wildman–Crippen LogP) is 6.13. The van der Waals surface area contributed by atoms with Crippen LogP contribution in [0.25, 0.3) is 21.8 Å². The molecular formula is C26H19ClN2O3S. The Morgan fingerprint density at radius 3 is 2.64 bits per heavy atom. The number of Topliss-reactive ketones (excluding diaryl/α,β-unsaturated/α-hetero) is 1. The third kappa shape index (κ3) is 4.03. The monoisotopic (exact) mass is 474 g/mol. The van der Waals surface area contributed by atoms with Gasteiger partial charge in [-0.2, -0.15) is 0 Å². The number of anilines is 1. The second-order valence-electron chi connectivity index (χ2n) is 7.66. The lowest BCUT2D eigenvalue weighted by Gasteiger charge is -2.33. The highest BCUT2D eigenvalue weighted by molar-refractivity contribution is 7.13. The van der Waals surface area contributed by atoms with Crippen LogP contribution in [-0.2, 0) is 4.79 Å². The number of carbonyl (C=O) groups excluding carboxylic acids is 2. The van der Waals surface area contributed by atoms with Crippen LogP contribution in [0.15, 0.2) is 78.2 Å². The van der Waals surface area contributed by atoms with Gasteiger partial charge < -0.3 is 4.74 Å². The molecule has 0 spiro atoms. The van der Waals surface area contributed by atoms with Crippen molar-refractivity contribution < 1.29 is 14.3 Å². The standard InChI is InChI=1S/C26H19ClN2O3S/c1-16(25(31)17-7-3-2-4-8-17)29-22-13-18(11-12-23(22)32-14-24(29)30)21-15-33-26(28-21)19-9-5-6-10-20(19)27/h2-13,15-16H,14H2,1H3. The zero-order valence-corrected chi connectivity index (χ0v) is 19.3. The van der Waals surface area contributed by atoms with Gasteiger partial charge in [0.25, 0.3) is 5.91 Å². The third-order valence-corrected chi connectivity index (χ3v) is 6.77. The Morgan fingerprint density at radius 2 is 1.85 bits per heavy atom. The minimum absolute atomic E-state index is 0.105. The molecule has 1 atom stereocenters. The number of thiazole rings is 1. The zero-order chi connectivity index (χ0) is 22.9. The molecule has 0 saturated carbocycles. The number of hydrogen-bond donors (Lipinski definition) is 0. The molecule has 7 heteroatoms. The van der Waals surface area contributed by atoms with E-state index < -0.39 is 6.04 Å². The molecule has 0 bridgehead atoms. The van der Waals surface area contributed by atoms with Crippen LogP contribution in [0.1, 0.15) is 17.3 Å². The van der Waals surface area contributed by atoms with Crippen molar-refractivity contribution in [1.29, 1.82) is 0 Å². The van der Waals surface area contributed by atoms with Gasteiger partial charge in [0.05, 0.1) is 22.4 Å². The predicted molar refractivity (Wildman–Crippen MR) is 131 cm³/mol. The average molecular weight is 475 g/mol. The molecule has 2 heterocycles. The van der Waals surface area contributed by atoms with E-state index in [9.17, 15) is 9.59 Å². The topological polar surface area (TPSA) is 59.5 Å². The second-order valence-corrected chi connectivity index (χ2v) is 8.92. The average Bonchev–Trinajstić information content (AvgIpc) is 3.34. The lowest BCUT2D eigenvalue weighted by atomic mass is 10.0. The van der Waals surface area contributed by atoms with Crippen molar-refractivity contribution >= 4 is 40.3 Å². The summed E-state index contributed by atoms with van der Waals surface area (Å²) in [5.41, 5.74) is 3.58. The molecule has 0 radical (unpaired) electrons. The molecule has 0 fully saturated rings. The quantitative estimate of drug-likeness (QED) is 0.326. The Morgan fingerprint density at radius 1 is 1.09 bits per heavy atom. The Hall–Kier alpha value is -3.48. The summed E-state index contributed by atoms with van der Waals surface area (Å²) in [6.07, 6.45) is 0. The molecule has 0 saturated heterocycles. The number of aromatic nitrogens is 1. The van der Waals surface area contributed by atoms with Gasteiger partial charge in [-0.1, -0.05) is 60.1 Å². The van der Waals surface area contributed by atoms with Gasteiger partial charge in [-0.05, 0) is 31.2 Å². The van der Waals surface area contributed by atoms with Crippen LogP contribution in [-0.4, -0.2) is 29.3 Å². The molecule has 0 N–H and O–H groups in total. The van der Waals surface area contributed by atoms with Crippen LogP contribution in [0, 0.1) is 0 Å². The molecule has 4 aromatic rings. The molecule has 1 amide bonds. The Balaban J connectivity index is 1.51. The Bertz CT molecular complexity index is 1350. The summed E-state index contributed by atoms with van der Waals surface area (Å²) in [5, 5.41) is 3.40. The SMILES string of the molecule is CC(C(=O)c1ccccc1)N1C(=O)COc2ccc(-c3csc(-c4ccccc4Cl)n3)cc21. The molecule has 1 aliphatic rings. The largest absolute Gasteiger partial charge is 0.482 e. The van der Waals surface area contributed by atoms with E-state index in [0.29, 0.717) is 22.0 Å². The van der Waals surface area contributed by atoms with Crippen molar-refractivity contribution in [3.8, 4) is 27.6 Å². The van der Waals surface area contributed by atoms with E-state index in [1.165, 1.54) is 16.2 Å². The summed E-state index contributed by atoms with van der Waals surface area (Å²) in [7, 11) is 0. The van der Waals surface area contributed by atoms with Gasteiger partial charge in [0.15, 0.2) is 12.4 Å². The number of ketones is 1. The van der Waals surface area contributed by atoms with Crippen molar-refractivity contribution in [2.45, 2.75) is 13.0 Å². The Labute approximate surface area is 200 Å². The highest BCUT2D eigenvalue weighted by Crippen LogP contribution is 2.39. The van der Waals surface area contributed by atoms with E-state index in [4.69, 9.17) is 21.3 Å². The van der Waals surface area contributed by atoms with E-state index in [1.54, 1.807) is 19.1 Å². The molecule has 1 unspecified atom stereocenters. The lowest BCUT2D eigenvalue weighted by Crippen LogP contribution is -2.48. The number of nitrogens with zero attached hydrogens (tertiary/aromatic N) is 2. The fourth-order valence-electron chi connectivity index (χ4n) is 3.88. The summed E-state index contributed by atoms with van der Waals surface area (Å²) in [4.78, 5) is 32.2. The summed E-state index contributed by atoms with van der Waals surface area (Å²) in [5.74, 6) is 0.177. The fourth-order valence-corrected chi connectivity index (χ4v) is 5.03. The van der Waals surface area contributed by atoms with Gasteiger partial charge in [-0.3, -0.25) is 14.5 Å². The second kappa shape index (κ2) is 8.81. The molecule has 3 aromatic carbocycles. The number of rotatable bonds is 5. The number of benzene rings is 3. The van der Waals surface area contributed by atoms with Gasteiger partial charge in [0, 0.05) is 22.1 Å². The van der Waals surface area contributed by atoms with Crippen LogP contribution in [0.5, 0.6) is 5.75 Å². The minimum atomic E-state index is -0.674. The molecular weight excluding hydrogens is 456 g/mol. The first kappa shape index (κ1) is 21.4. The van der Waals surface area contributed by atoms with Crippen molar-refractivity contribution in [3.63, 3.8) is 0 Å². The van der Waals surface area contributed by atoms with E-state index in [0.717, 1.165) is 21.8 Å². The molecule has 5 nitrogen and oxygen atoms in total. The Kier molecular flexibility index (Phi) is 5.70. The van der Waals surface area contributed by atoms with Crippen LogP contribution in [0.2, 0.25) is 5.02 Å². The highest BCUT2D eigenvalue weighted by atomic mass is 35.5. The van der Waals surface area contributed by atoms with Gasteiger partial charge in [0.1, 0.15) is 10.8 Å². The van der Waals surface area contributed by atoms with E-state index in [2.05, 4.69) is 0 Å².